The van der Waals surface area contributed by atoms with E-state index in [0.29, 0.717) is 25.7 Å². The maximum Gasteiger partial charge on any atom is 0.407 e. The van der Waals surface area contributed by atoms with Gasteiger partial charge in [-0.25, -0.2) is 9.59 Å². The molecule has 8 heteroatoms. The van der Waals surface area contributed by atoms with Crippen LogP contribution in [0.15, 0.2) is 48.5 Å². The molecule has 2 unspecified atom stereocenters. The zero-order chi connectivity index (χ0) is 24.6. The lowest BCUT2D eigenvalue weighted by Crippen LogP contribution is -2.61. The molecule has 0 radical (unpaired) electrons. The second-order valence-electron chi connectivity index (χ2n) is 9.62. The first kappa shape index (κ1) is 23.4. The molecule has 2 aliphatic carbocycles. The normalized spacial score (nSPS) is 22.0. The Kier molecular flexibility index (Phi) is 6.23. The van der Waals surface area contributed by atoms with E-state index in [0.717, 1.165) is 17.5 Å². The van der Waals surface area contributed by atoms with Crippen molar-refractivity contribution in [3.63, 3.8) is 0 Å². The van der Waals surface area contributed by atoms with Gasteiger partial charge in [-0.1, -0.05) is 48.5 Å². The van der Waals surface area contributed by atoms with Crippen molar-refractivity contribution in [2.24, 2.45) is 0 Å². The van der Waals surface area contributed by atoms with Crippen LogP contribution in [0.2, 0.25) is 0 Å². The van der Waals surface area contributed by atoms with Gasteiger partial charge in [-0.2, -0.15) is 0 Å². The summed E-state index contributed by atoms with van der Waals surface area (Å²) in [4.78, 5) is 38.3. The van der Waals surface area contributed by atoms with Crippen LogP contribution in [0.25, 0.3) is 11.1 Å². The Balaban J connectivity index is 1.11. The average Bonchev–Trinajstić information content (AvgIpc) is 3.43. The van der Waals surface area contributed by atoms with Crippen LogP contribution in [-0.2, 0) is 19.1 Å². The van der Waals surface area contributed by atoms with Crippen LogP contribution in [0, 0.1) is 0 Å². The molecule has 184 valence electrons. The molecule has 0 spiro atoms. The highest BCUT2D eigenvalue weighted by Gasteiger charge is 2.51. The summed E-state index contributed by atoms with van der Waals surface area (Å²) in [6, 6.07) is 16.3. The van der Waals surface area contributed by atoms with Gasteiger partial charge in [0.1, 0.15) is 18.2 Å². The molecule has 0 aromatic heterocycles. The zero-order valence-corrected chi connectivity index (χ0v) is 19.7. The molecule has 1 saturated carbocycles. The number of aliphatic carboxylic acids is 1. The Morgan fingerprint density at radius 2 is 1.69 bits per heavy atom. The largest absolute Gasteiger partial charge is 0.479 e. The quantitative estimate of drug-likeness (QED) is 0.631. The van der Waals surface area contributed by atoms with Gasteiger partial charge in [0.15, 0.2) is 0 Å². The molecule has 0 bridgehead atoms. The minimum Gasteiger partial charge on any atom is -0.479 e. The van der Waals surface area contributed by atoms with Crippen molar-refractivity contribution in [2.45, 2.75) is 55.8 Å². The molecule has 3 aliphatic rings. The lowest BCUT2D eigenvalue weighted by molar-refractivity contribution is -0.168. The number of hydrogen-bond acceptors (Lipinski definition) is 5. The smallest absolute Gasteiger partial charge is 0.407 e. The number of fused-ring (bicyclic) bond motifs is 3. The van der Waals surface area contributed by atoms with Gasteiger partial charge >= 0.3 is 12.1 Å². The van der Waals surface area contributed by atoms with E-state index in [-0.39, 0.29) is 31.1 Å². The van der Waals surface area contributed by atoms with Crippen LogP contribution in [-0.4, -0.2) is 65.9 Å². The number of likely N-dealkylation sites (N-methyl/N-ethyl adjacent to an activating group) is 1. The molecule has 8 nitrogen and oxygen atoms in total. The van der Waals surface area contributed by atoms with Gasteiger partial charge in [-0.3, -0.25) is 4.79 Å². The monoisotopic (exact) mass is 478 g/mol. The van der Waals surface area contributed by atoms with Crippen molar-refractivity contribution in [1.82, 2.24) is 10.2 Å². The van der Waals surface area contributed by atoms with E-state index in [2.05, 4.69) is 29.6 Å². The summed E-state index contributed by atoms with van der Waals surface area (Å²) in [6.45, 7) is 0.461. The number of carboxylic acids is 1. The maximum absolute atomic E-state index is 12.8. The molecular weight excluding hydrogens is 448 g/mol. The standard InChI is InChI=1S/C27H30N2O6/c1-29(27(25(31)32)13-6-14-27)24(30)23-12-11-17(35-23)15-28-26(33)34-16-22-20-9-4-2-7-18(20)19-8-3-5-10-21(19)22/h2-5,7-10,17,22-23H,6,11-16H2,1H3,(H,28,33)(H,31,32). The van der Waals surface area contributed by atoms with E-state index in [1.165, 1.54) is 16.0 Å². The molecule has 35 heavy (non-hydrogen) atoms. The van der Waals surface area contributed by atoms with Crippen LogP contribution in [0.3, 0.4) is 0 Å². The number of ether oxygens (including phenoxy) is 2. The van der Waals surface area contributed by atoms with E-state index < -0.39 is 23.7 Å². The van der Waals surface area contributed by atoms with Crippen LogP contribution >= 0.6 is 0 Å². The lowest BCUT2D eigenvalue weighted by Gasteiger charge is -2.45. The third kappa shape index (κ3) is 4.16. The molecule has 1 heterocycles. The summed E-state index contributed by atoms with van der Waals surface area (Å²) in [5, 5.41) is 12.3. The summed E-state index contributed by atoms with van der Waals surface area (Å²) < 4.78 is 11.4. The number of carboxylic acid groups (broad SMARTS) is 1. The summed E-state index contributed by atoms with van der Waals surface area (Å²) in [5.74, 6) is -1.29. The van der Waals surface area contributed by atoms with E-state index in [1.807, 2.05) is 24.3 Å². The molecule has 2 fully saturated rings. The fourth-order valence-corrected chi connectivity index (χ4v) is 5.52. The number of nitrogens with zero attached hydrogens (tertiary/aromatic N) is 1. The van der Waals surface area contributed by atoms with Crippen molar-refractivity contribution in [2.75, 3.05) is 20.2 Å². The fourth-order valence-electron chi connectivity index (χ4n) is 5.52. The van der Waals surface area contributed by atoms with Crippen LogP contribution in [0.5, 0.6) is 0 Å². The number of alkyl carbamates (subject to hydrolysis) is 1. The first-order chi connectivity index (χ1) is 16.9. The Bertz CT molecular complexity index is 1100. The van der Waals surface area contributed by atoms with E-state index in [4.69, 9.17) is 9.47 Å². The molecule has 5 rings (SSSR count). The summed E-state index contributed by atoms with van der Waals surface area (Å²) in [5.41, 5.74) is 3.53. The highest BCUT2D eigenvalue weighted by molar-refractivity contribution is 5.90. The van der Waals surface area contributed by atoms with Crippen LogP contribution in [0.1, 0.15) is 49.1 Å². The van der Waals surface area contributed by atoms with Gasteiger partial charge < -0.3 is 24.8 Å². The van der Waals surface area contributed by atoms with Gasteiger partial charge in [0, 0.05) is 19.5 Å². The summed E-state index contributed by atoms with van der Waals surface area (Å²) in [7, 11) is 1.54. The Hall–Kier alpha value is -3.39. The molecular formula is C27H30N2O6. The molecule has 1 aliphatic heterocycles. The molecule has 2 N–H and O–H groups in total. The third-order valence-electron chi connectivity index (χ3n) is 7.75. The number of hydrogen-bond donors (Lipinski definition) is 2. The summed E-state index contributed by atoms with van der Waals surface area (Å²) >= 11 is 0. The zero-order valence-electron chi connectivity index (χ0n) is 19.7. The first-order valence-electron chi connectivity index (χ1n) is 12.2. The van der Waals surface area contributed by atoms with Crippen LogP contribution in [0.4, 0.5) is 4.79 Å². The first-order valence-corrected chi connectivity index (χ1v) is 12.2. The molecule has 2 amide bonds. The van der Waals surface area contributed by atoms with Gasteiger partial charge in [-0.15, -0.1) is 0 Å². The number of carbonyl (C=O) groups is 3. The van der Waals surface area contributed by atoms with E-state index in [1.54, 1.807) is 7.05 Å². The second kappa shape index (κ2) is 9.34. The lowest BCUT2D eigenvalue weighted by atomic mass is 9.75. The maximum atomic E-state index is 12.8. The SMILES string of the molecule is CN(C(=O)C1CCC(CNC(=O)OCC2c3ccccc3-c3ccccc32)O1)C1(C(=O)O)CCC1. The minimum absolute atomic E-state index is 0.0125. The molecule has 2 aromatic carbocycles. The number of rotatable bonds is 7. The van der Waals surface area contributed by atoms with Crippen molar-refractivity contribution >= 4 is 18.0 Å². The highest BCUT2D eigenvalue weighted by atomic mass is 16.6. The van der Waals surface area contributed by atoms with Gasteiger partial charge in [0.05, 0.1) is 6.10 Å². The van der Waals surface area contributed by atoms with E-state index >= 15 is 0 Å². The van der Waals surface area contributed by atoms with Crippen molar-refractivity contribution in [3.8, 4) is 11.1 Å². The predicted molar refractivity (Wildman–Crippen MR) is 128 cm³/mol. The molecule has 2 atom stereocenters. The topological polar surface area (TPSA) is 105 Å². The van der Waals surface area contributed by atoms with E-state index in [9.17, 15) is 19.5 Å². The Labute approximate surface area is 204 Å². The van der Waals surface area contributed by atoms with Crippen molar-refractivity contribution in [1.29, 1.82) is 0 Å². The van der Waals surface area contributed by atoms with Crippen molar-refractivity contribution in [3.05, 3.63) is 59.7 Å². The second-order valence-corrected chi connectivity index (χ2v) is 9.62. The van der Waals surface area contributed by atoms with Crippen LogP contribution < -0.4 is 5.32 Å². The Morgan fingerprint density at radius 1 is 1.06 bits per heavy atom. The van der Waals surface area contributed by atoms with Crippen molar-refractivity contribution < 1.29 is 29.0 Å². The summed E-state index contributed by atoms with van der Waals surface area (Å²) in [6.07, 6.45) is 1.29. The number of carbonyl (C=O) groups excluding carboxylic acids is 2. The van der Waals surface area contributed by atoms with Gasteiger partial charge in [-0.05, 0) is 54.4 Å². The van der Waals surface area contributed by atoms with Gasteiger partial charge in [0.2, 0.25) is 0 Å². The number of benzene rings is 2. The number of nitrogens with one attached hydrogen (secondary N) is 1. The minimum atomic E-state index is -1.11. The van der Waals surface area contributed by atoms with Gasteiger partial charge in [0.25, 0.3) is 5.91 Å². The predicted octanol–water partition coefficient (Wildman–Crippen LogP) is 3.54. The molecule has 1 saturated heterocycles. The highest BCUT2D eigenvalue weighted by Crippen LogP contribution is 2.44. The number of amides is 2. The fraction of sp³-hybridized carbons (Fsp3) is 0.444. The Morgan fingerprint density at radius 3 is 2.26 bits per heavy atom. The average molecular weight is 479 g/mol. The molecule has 2 aromatic rings. The third-order valence-corrected chi connectivity index (χ3v) is 7.75.